The van der Waals surface area contributed by atoms with Crippen LogP contribution in [0.3, 0.4) is 0 Å². The summed E-state index contributed by atoms with van der Waals surface area (Å²) in [5, 5.41) is 20.4. The van der Waals surface area contributed by atoms with E-state index in [0.29, 0.717) is 11.4 Å². The van der Waals surface area contributed by atoms with Crippen LogP contribution in [0.15, 0.2) is 18.2 Å². The van der Waals surface area contributed by atoms with E-state index in [2.05, 4.69) is 0 Å². The summed E-state index contributed by atoms with van der Waals surface area (Å²) < 4.78 is 0. The van der Waals surface area contributed by atoms with Crippen LogP contribution in [0, 0.1) is 16.0 Å². The fourth-order valence-electron chi connectivity index (χ4n) is 3.17. The summed E-state index contributed by atoms with van der Waals surface area (Å²) in [4.78, 5) is 37.2. The van der Waals surface area contributed by atoms with Gasteiger partial charge in [-0.1, -0.05) is 0 Å². The molecule has 2 saturated heterocycles. The number of carbonyl (C=O) groups is 2. The number of nitro benzene ring substituents is 1. The van der Waals surface area contributed by atoms with E-state index in [4.69, 9.17) is 5.11 Å². The van der Waals surface area contributed by atoms with Crippen molar-refractivity contribution in [3.05, 3.63) is 28.3 Å². The van der Waals surface area contributed by atoms with Crippen molar-refractivity contribution in [2.75, 3.05) is 29.4 Å². The number of hydrogen-bond donors (Lipinski definition) is 1. The zero-order valence-corrected chi connectivity index (χ0v) is 12.5. The van der Waals surface area contributed by atoms with Crippen molar-refractivity contribution in [1.29, 1.82) is 0 Å². The third-order valence-corrected chi connectivity index (χ3v) is 4.39. The molecule has 2 aliphatic heterocycles. The Balaban J connectivity index is 1.92. The number of hydrogen-bond acceptors (Lipinski definition) is 5. The highest BCUT2D eigenvalue weighted by Gasteiger charge is 2.36. The highest BCUT2D eigenvalue weighted by atomic mass is 16.6. The van der Waals surface area contributed by atoms with E-state index in [1.165, 1.54) is 11.0 Å². The maximum Gasteiger partial charge on any atom is 0.308 e. The summed E-state index contributed by atoms with van der Waals surface area (Å²) in [6.45, 7) is 1.61. The highest BCUT2D eigenvalue weighted by Crippen LogP contribution is 2.36. The fraction of sp³-hybridized carbons (Fsp3) is 0.467. The summed E-state index contributed by atoms with van der Waals surface area (Å²) in [7, 11) is 0. The molecule has 1 aromatic rings. The number of nitrogens with zero attached hydrogens (tertiary/aromatic N) is 3. The molecule has 0 radical (unpaired) electrons. The van der Waals surface area contributed by atoms with Gasteiger partial charge in [0.2, 0.25) is 5.91 Å². The molecule has 2 heterocycles. The van der Waals surface area contributed by atoms with Gasteiger partial charge in [0.1, 0.15) is 5.69 Å². The molecule has 1 aromatic carbocycles. The number of carbonyl (C=O) groups excluding carboxylic acids is 1. The molecule has 1 N–H and O–H groups in total. The average Bonchev–Trinajstić information content (AvgIpc) is 3.16. The van der Waals surface area contributed by atoms with Crippen molar-refractivity contribution in [2.45, 2.75) is 19.3 Å². The molecule has 0 aliphatic carbocycles. The van der Waals surface area contributed by atoms with Gasteiger partial charge in [-0.15, -0.1) is 0 Å². The summed E-state index contributed by atoms with van der Waals surface area (Å²) in [5.74, 6) is -2.11. The molecule has 0 spiro atoms. The maximum atomic E-state index is 12.0. The third kappa shape index (κ3) is 2.84. The first-order valence-electron chi connectivity index (χ1n) is 7.54. The smallest absolute Gasteiger partial charge is 0.308 e. The second-order valence-corrected chi connectivity index (χ2v) is 5.87. The Labute approximate surface area is 132 Å². The molecule has 1 atom stereocenters. The van der Waals surface area contributed by atoms with Crippen LogP contribution >= 0.6 is 0 Å². The number of rotatable bonds is 4. The Bertz CT molecular complexity index is 669. The van der Waals surface area contributed by atoms with Gasteiger partial charge in [-0.2, -0.15) is 0 Å². The first kappa shape index (κ1) is 15.3. The summed E-state index contributed by atoms with van der Waals surface area (Å²) in [6.07, 6.45) is 1.94. The molecular weight excluding hydrogens is 302 g/mol. The minimum absolute atomic E-state index is 0.0454. The standard InChI is InChI=1S/C15H17N3O5/c19-14-7-10(15(20)21)9-17(14)11-3-4-12(13(8-11)18(22)23)16-5-1-2-6-16/h3-4,8,10H,1-2,5-7,9H2,(H,20,21). The van der Waals surface area contributed by atoms with Gasteiger partial charge < -0.3 is 14.9 Å². The van der Waals surface area contributed by atoms with Gasteiger partial charge in [-0.05, 0) is 25.0 Å². The lowest BCUT2D eigenvalue weighted by Gasteiger charge is -2.20. The Morgan fingerprint density at radius 1 is 1.30 bits per heavy atom. The minimum atomic E-state index is -1.02. The molecule has 0 aromatic heterocycles. The molecule has 1 amide bonds. The fourth-order valence-corrected chi connectivity index (χ4v) is 3.17. The lowest BCUT2D eigenvalue weighted by molar-refractivity contribution is -0.384. The van der Waals surface area contributed by atoms with Gasteiger partial charge in [0, 0.05) is 32.1 Å². The van der Waals surface area contributed by atoms with Crippen LogP contribution in [0.25, 0.3) is 0 Å². The van der Waals surface area contributed by atoms with Crippen LogP contribution in [0.2, 0.25) is 0 Å². The summed E-state index contributed by atoms with van der Waals surface area (Å²) in [5.41, 5.74) is 0.891. The lowest BCUT2D eigenvalue weighted by Crippen LogP contribution is -2.26. The maximum absolute atomic E-state index is 12.0. The molecule has 8 heteroatoms. The number of carboxylic acid groups (broad SMARTS) is 1. The molecule has 122 valence electrons. The zero-order chi connectivity index (χ0) is 16.6. The SMILES string of the molecule is O=C(O)C1CC(=O)N(c2ccc(N3CCCC3)c([N+](=O)[O-])c2)C1. The van der Waals surface area contributed by atoms with Crippen LogP contribution in [-0.2, 0) is 9.59 Å². The molecule has 23 heavy (non-hydrogen) atoms. The molecule has 8 nitrogen and oxygen atoms in total. The third-order valence-electron chi connectivity index (χ3n) is 4.39. The van der Waals surface area contributed by atoms with Crippen molar-refractivity contribution in [2.24, 2.45) is 5.92 Å². The summed E-state index contributed by atoms with van der Waals surface area (Å²) in [6, 6.07) is 4.68. The van der Waals surface area contributed by atoms with Gasteiger partial charge in [0.05, 0.1) is 16.5 Å². The average molecular weight is 319 g/mol. The Morgan fingerprint density at radius 3 is 2.57 bits per heavy atom. The van der Waals surface area contributed by atoms with Crippen LogP contribution in [0.1, 0.15) is 19.3 Å². The second-order valence-electron chi connectivity index (χ2n) is 5.87. The van der Waals surface area contributed by atoms with E-state index >= 15 is 0 Å². The molecule has 2 aliphatic rings. The largest absolute Gasteiger partial charge is 0.481 e. The Hall–Kier alpha value is -2.64. The van der Waals surface area contributed by atoms with Crippen molar-refractivity contribution in [1.82, 2.24) is 0 Å². The van der Waals surface area contributed by atoms with E-state index in [1.54, 1.807) is 12.1 Å². The number of carboxylic acids is 1. The van der Waals surface area contributed by atoms with E-state index in [0.717, 1.165) is 25.9 Å². The van der Waals surface area contributed by atoms with E-state index in [9.17, 15) is 19.7 Å². The monoisotopic (exact) mass is 319 g/mol. The van der Waals surface area contributed by atoms with Gasteiger partial charge in [-0.3, -0.25) is 19.7 Å². The molecular formula is C15H17N3O5. The first-order valence-corrected chi connectivity index (χ1v) is 7.54. The number of amides is 1. The van der Waals surface area contributed by atoms with Crippen LogP contribution in [-0.4, -0.2) is 41.5 Å². The van der Waals surface area contributed by atoms with Crippen LogP contribution < -0.4 is 9.80 Å². The van der Waals surface area contributed by atoms with Gasteiger partial charge in [0.15, 0.2) is 0 Å². The van der Waals surface area contributed by atoms with Crippen molar-refractivity contribution < 1.29 is 19.6 Å². The molecule has 3 rings (SSSR count). The molecule has 1 unspecified atom stereocenters. The van der Waals surface area contributed by atoms with Crippen molar-refractivity contribution in [3.8, 4) is 0 Å². The van der Waals surface area contributed by atoms with E-state index < -0.39 is 16.8 Å². The number of aliphatic carboxylic acids is 1. The van der Waals surface area contributed by atoms with Crippen LogP contribution in [0.5, 0.6) is 0 Å². The summed E-state index contributed by atoms with van der Waals surface area (Å²) >= 11 is 0. The highest BCUT2D eigenvalue weighted by molar-refractivity contribution is 5.99. The first-order chi connectivity index (χ1) is 11.0. The molecule has 2 fully saturated rings. The predicted molar refractivity (Wildman–Crippen MR) is 82.6 cm³/mol. The van der Waals surface area contributed by atoms with E-state index in [-0.39, 0.29) is 24.6 Å². The number of anilines is 2. The van der Waals surface area contributed by atoms with Gasteiger partial charge >= 0.3 is 5.97 Å². The second kappa shape index (κ2) is 5.86. The Morgan fingerprint density at radius 2 is 2.00 bits per heavy atom. The number of benzene rings is 1. The van der Waals surface area contributed by atoms with Crippen molar-refractivity contribution in [3.63, 3.8) is 0 Å². The van der Waals surface area contributed by atoms with Gasteiger partial charge in [-0.25, -0.2) is 0 Å². The quantitative estimate of drug-likeness (QED) is 0.668. The van der Waals surface area contributed by atoms with Crippen molar-refractivity contribution >= 4 is 28.9 Å². The topological polar surface area (TPSA) is 104 Å². The molecule has 0 bridgehead atoms. The Kier molecular flexibility index (Phi) is 3.89. The predicted octanol–water partition coefficient (Wildman–Crippen LogP) is 1.63. The van der Waals surface area contributed by atoms with Gasteiger partial charge in [0.25, 0.3) is 5.69 Å². The molecule has 0 saturated carbocycles. The minimum Gasteiger partial charge on any atom is -0.481 e. The van der Waals surface area contributed by atoms with Crippen LogP contribution in [0.4, 0.5) is 17.1 Å². The normalized spacial score (nSPS) is 21.0. The lowest BCUT2D eigenvalue weighted by atomic mass is 10.1. The van der Waals surface area contributed by atoms with E-state index in [1.807, 2.05) is 4.90 Å². The number of nitro groups is 1. The zero-order valence-electron chi connectivity index (χ0n) is 12.5.